The van der Waals surface area contributed by atoms with Gasteiger partial charge in [0, 0.05) is 29.9 Å². The smallest absolute Gasteiger partial charge is 0.339 e. The summed E-state index contributed by atoms with van der Waals surface area (Å²) >= 11 is 0. The first kappa shape index (κ1) is 25.9. The van der Waals surface area contributed by atoms with Crippen molar-refractivity contribution in [2.75, 3.05) is 28.4 Å². The second-order valence-electron chi connectivity index (χ2n) is 9.03. The highest BCUT2D eigenvalue weighted by Crippen LogP contribution is 2.49. The van der Waals surface area contributed by atoms with Crippen molar-refractivity contribution in [1.29, 1.82) is 0 Å². The maximum atomic E-state index is 13.2. The zero-order chi connectivity index (χ0) is 25.8. The molecule has 0 aliphatic heterocycles. The van der Waals surface area contributed by atoms with Crippen molar-refractivity contribution in [3.05, 3.63) is 65.0 Å². The molecule has 0 saturated heterocycles. The van der Waals surface area contributed by atoms with Gasteiger partial charge in [0.25, 0.3) is 0 Å². The molecule has 0 saturated carbocycles. The van der Waals surface area contributed by atoms with Gasteiger partial charge >= 0.3 is 5.97 Å². The van der Waals surface area contributed by atoms with Crippen LogP contribution in [0.1, 0.15) is 47.8 Å². The summed E-state index contributed by atoms with van der Waals surface area (Å²) in [6, 6.07) is 9.53. The van der Waals surface area contributed by atoms with E-state index in [-0.39, 0.29) is 5.97 Å². The van der Waals surface area contributed by atoms with Gasteiger partial charge in [0.15, 0.2) is 11.5 Å². The van der Waals surface area contributed by atoms with E-state index in [4.69, 9.17) is 23.7 Å². The van der Waals surface area contributed by atoms with Gasteiger partial charge in [0.05, 0.1) is 34.0 Å². The van der Waals surface area contributed by atoms with E-state index < -0.39 is 5.60 Å². The molecule has 7 heteroatoms. The number of pyridine rings is 1. The van der Waals surface area contributed by atoms with Gasteiger partial charge in [0.1, 0.15) is 5.60 Å². The van der Waals surface area contributed by atoms with Crippen molar-refractivity contribution < 1.29 is 28.5 Å². The Kier molecular flexibility index (Phi) is 7.89. The number of rotatable bonds is 8. The summed E-state index contributed by atoms with van der Waals surface area (Å²) in [6.07, 6.45) is 3.87. The molecule has 35 heavy (non-hydrogen) atoms. The fourth-order valence-electron chi connectivity index (χ4n) is 4.06. The number of hydrogen-bond donors (Lipinski definition) is 0. The Hall–Kier alpha value is -3.74. The van der Waals surface area contributed by atoms with E-state index in [0.29, 0.717) is 35.0 Å². The van der Waals surface area contributed by atoms with Crippen molar-refractivity contribution in [3.8, 4) is 34.1 Å². The van der Waals surface area contributed by atoms with Crippen molar-refractivity contribution in [3.63, 3.8) is 0 Å². The van der Waals surface area contributed by atoms with Gasteiger partial charge < -0.3 is 23.7 Å². The molecule has 0 amide bonds. The molecule has 0 aliphatic carbocycles. The molecule has 0 fully saturated rings. The van der Waals surface area contributed by atoms with E-state index in [1.807, 2.05) is 58.0 Å². The minimum Gasteiger partial charge on any atom is -0.492 e. The lowest BCUT2D eigenvalue weighted by Crippen LogP contribution is -2.24. The predicted octanol–water partition coefficient (Wildman–Crippen LogP) is 5.64. The van der Waals surface area contributed by atoms with E-state index in [1.165, 1.54) is 0 Å². The highest BCUT2D eigenvalue weighted by Gasteiger charge is 2.26. The van der Waals surface area contributed by atoms with Crippen LogP contribution in [0.15, 0.2) is 42.7 Å². The Morgan fingerprint density at radius 3 is 1.94 bits per heavy atom. The van der Waals surface area contributed by atoms with Gasteiger partial charge in [-0.25, -0.2) is 4.79 Å². The molecule has 1 aromatic heterocycles. The lowest BCUT2D eigenvalue weighted by molar-refractivity contribution is 0.00703. The lowest BCUT2D eigenvalue weighted by atomic mass is 9.93. The van der Waals surface area contributed by atoms with Crippen LogP contribution in [-0.2, 0) is 11.2 Å². The third-order valence-corrected chi connectivity index (χ3v) is 5.58. The number of esters is 1. The fourth-order valence-corrected chi connectivity index (χ4v) is 4.06. The van der Waals surface area contributed by atoms with Gasteiger partial charge in [-0.15, -0.1) is 0 Å². The van der Waals surface area contributed by atoms with Crippen molar-refractivity contribution in [2.45, 2.75) is 39.7 Å². The molecule has 0 N–H and O–H groups in total. The number of nitrogens with zero attached hydrogens (tertiary/aromatic N) is 1. The fraction of sp³-hybridized carbons (Fsp3) is 0.357. The van der Waals surface area contributed by atoms with E-state index in [9.17, 15) is 4.79 Å². The summed E-state index contributed by atoms with van der Waals surface area (Å²) in [7, 11) is 6.29. The Balaban J connectivity index is 2.17. The third-order valence-electron chi connectivity index (χ3n) is 5.58. The number of ether oxygens (including phenoxy) is 5. The Labute approximate surface area is 207 Å². The van der Waals surface area contributed by atoms with Crippen LogP contribution >= 0.6 is 0 Å². The molecule has 0 bridgehead atoms. The van der Waals surface area contributed by atoms with E-state index >= 15 is 0 Å². The summed E-state index contributed by atoms with van der Waals surface area (Å²) in [6.45, 7) is 7.50. The number of benzene rings is 2. The largest absolute Gasteiger partial charge is 0.492 e. The summed E-state index contributed by atoms with van der Waals surface area (Å²) in [5.74, 6) is 1.66. The molecule has 3 rings (SSSR count). The van der Waals surface area contributed by atoms with Crippen molar-refractivity contribution >= 4 is 5.97 Å². The van der Waals surface area contributed by atoms with Gasteiger partial charge in [0.2, 0.25) is 11.5 Å². The quantitative estimate of drug-likeness (QED) is 0.387. The molecule has 0 spiro atoms. The van der Waals surface area contributed by atoms with Crippen LogP contribution < -0.4 is 18.9 Å². The molecular formula is C28H33NO6. The van der Waals surface area contributed by atoms with Crippen LogP contribution in [0.3, 0.4) is 0 Å². The Bertz CT molecular complexity index is 1200. The monoisotopic (exact) mass is 479 g/mol. The normalized spacial score (nSPS) is 11.1. The maximum absolute atomic E-state index is 13.2. The number of aromatic nitrogens is 1. The van der Waals surface area contributed by atoms with E-state index in [2.05, 4.69) is 4.98 Å². The van der Waals surface area contributed by atoms with E-state index in [0.717, 1.165) is 27.8 Å². The first-order valence-corrected chi connectivity index (χ1v) is 11.3. The molecule has 0 aliphatic rings. The molecule has 7 nitrogen and oxygen atoms in total. The second kappa shape index (κ2) is 10.7. The SMILES string of the molecule is COc1c(C)c(Cc2ccc(-c3ccncc3)c(C(=O)OC(C)(C)C)c2)c(OC)c(OC)c1OC. The number of methoxy groups -OCH3 is 4. The summed E-state index contributed by atoms with van der Waals surface area (Å²) in [4.78, 5) is 17.3. The third kappa shape index (κ3) is 5.50. The average molecular weight is 480 g/mol. The zero-order valence-corrected chi connectivity index (χ0v) is 21.6. The van der Waals surface area contributed by atoms with Crippen LogP contribution in [0.2, 0.25) is 0 Å². The number of carbonyl (C=O) groups is 1. The van der Waals surface area contributed by atoms with Crippen molar-refractivity contribution in [1.82, 2.24) is 4.98 Å². The van der Waals surface area contributed by atoms with Gasteiger partial charge in [-0.2, -0.15) is 0 Å². The standard InChI is InChI=1S/C28H33NO6/c1-17-21(24(32-6)26(34-8)25(33-7)23(17)31-5)15-18-9-10-20(19-11-13-29-14-12-19)22(16-18)27(30)35-28(2,3)4/h9-14,16H,15H2,1-8H3. The van der Waals surface area contributed by atoms with E-state index in [1.54, 1.807) is 40.8 Å². The average Bonchev–Trinajstić information content (AvgIpc) is 2.84. The molecule has 0 unspecified atom stereocenters. The van der Waals surface area contributed by atoms with Gasteiger partial charge in [-0.3, -0.25) is 4.98 Å². The highest BCUT2D eigenvalue weighted by molar-refractivity contribution is 5.97. The molecule has 0 radical (unpaired) electrons. The van der Waals surface area contributed by atoms with Crippen LogP contribution in [0.4, 0.5) is 0 Å². The highest BCUT2D eigenvalue weighted by atomic mass is 16.6. The van der Waals surface area contributed by atoms with Crippen LogP contribution in [0.25, 0.3) is 11.1 Å². The van der Waals surface area contributed by atoms with Gasteiger partial charge in [-0.05, 0) is 62.6 Å². The molecule has 1 heterocycles. The number of carbonyl (C=O) groups excluding carboxylic acids is 1. The second-order valence-corrected chi connectivity index (χ2v) is 9.03. The molecular weight excluding hydrogens is 446 g/mol. The van der Waals surface area contributed by atoms with Crippen LogP contribution in [0, 0.1) is 6.92 Å². The first-order chi connectivity index (χ1) is 16.6. The molecule has 0 atom stereocenters. The zero-order valence-electron chi connectivity index (χ0n) is 21.6. The topological polar surface area (TPSA) is 76.1 Å². The summed E-state index contributed by atoms with van der Waals surface area (Å²) in [5, 5.41) is 0. The molecule has 3 aromatic rings. The predicted molar refractivity (Wildman–Crippen MR) is 135 cm³/mol. The molecule has 186 valence electrons. The minimum atomic E-state index is -0.626. The minimum absolute atomic E-state index is 0.389. The van der Waals surface area contributed by atoms with Crippen LogP contribution in [0.5, 0.6) is 23.0 Å². The number of hydrogen-bond acceptors (Lipinski definition) is 7. The maximum Gasteiger partial charge on any atom is 0.339 e. The summed E-state index contributed by atoms with van der Waals surface area (Å²) < 4.78 is 28.3. The first-order valence-electron chi connectivity index (χ1n) is 11.3. The Morgan fingerprint density at radius 2 is 1.40 bits per heavy atom. The van der Waals surface area contributed by atoms with Crippen LogP contribution in [-0.4, -0.2) is 45.0 Å². The molecule has 2 aromatic carbocycles. The Morgan fingerprint density at radius 1 is 0.829 bits per heavy atom. The lowest BCUT2D eigenvalue weighted by Gasteiger charge is -2.23. The van der Waals surface area contributed by atoms with Crippen molar-refractivity contribution in [2.24, 2.45) is 0 Å². The summed E-state index contributed by atoms with van der Waals surface area (Å²) in [5.41, 5.74) is 4.15. The van der Waals surface area contributed by atoms with Gasteiger partial charge in [-0.1, -0.05) is 12.1 Å².